The predicted octanol–water partition coefficient (Wildman–Crippen LogP) is 3.89. The fourth-order valence-electron chi connectivity index (χ4n) is 3.23. The highest BCUT2D eigenvalue weighted by Crippen LogP contribution is 2.35. The van der Waals surface area contributed by atoms with Crippen LogP contribution in [0, 0.1) is 18.6 Å². The summed E-state index contributed by atoms with van der Waals surface area (Å²) < 4.78 is 49.0. The van der Waals surface area contributed by atoms with Gasteiger partial charge in [-0.3, -0.25) is 4.52 Å². The summed E-state index contributed by atoms with van der Waals surface area (Å²) in [6.07, 6.45) is -0.902. The summed E-state index contributed by atoms with van der Waals surface area (Å²) in [6, 6.07) is 11.7. The van der Waals surface area contributed by atoms with Gasteiger partial charge in [0.15, 0.2) is 0 Å². The van der Waals surface area contributed by atoms with E-state index < -0.39 is 43.9 Å². The smallest absolute Gasteiger partial charge is 0.445 e. The van der Waals surface area contributed by atoms with Gasteiger partial charge in [0.2, 0.25) is 0 Å². The number of para-hydroxylation sites is 1. The van der Waals surface area contributed by atoms with Crippen molar-refractivity contribution in [2.75, 3.05) is 18.1 Å². The van der Waals surface area contributed by atoms with Crippen molar-refractivity contribution in [1.82, 2.24) is 10.3 Å². The molecule has 3 aromatic rings. The normalized spacial score (nSPS) is 11.2. The molecule has 3 amide bonds. The van der Waals surface area contributed by atoms with Gasteiger partial charge in [-0.15, -0.1) is 0 Å². The summed E-state index contributed by atoms with van der Waals surface area (Å²) in [4.78, 5) is 46.5. The van der Waals surface area contributed by atoms with Crippen LogP contribution in [0.5, 0.6) is 0 Å². The molecule has 0 spiro atoms. The number of urea groups is 1. The Kier molecular flexibility index (Phi) is 8.90. The lowest BCUT2D eigenvalue weighted by Gasteiger charge is -2.22. The van der Waals surface area contributed by atoms with E-state index in [1.54, 1.807) is 24.3 Å². The number of hydrogen-bond acceptors (Lipinski definition) is 6. The summed E-state index contributed by atoms with van der Waals surface area (Å²) in [6.45, 7) is 0.897. The zero-order valence-corrected chi connectivity index (χ0v) is 20.3. The van der Waals surface area contributed by atoms with Crippen molar-refractivity contribution in [1.29, 1.82) is 0 Å². The Bertz CT molecular complexity index is 1310. The largest absolute Gasteiger partial charge is 0.469 e. The number of aromatic nitrogens is 1. The van der Waals surface area contributed by atoms with E-state index >= 15 is 0 Å². The van der Waals surface area contributed by atoms with E-state index in [-0.39, 0.29) is 24.7 Å². The van der Waals surface area contributed by atoms with Crippen molar-refractivity contribution in [2.24, 2.45) is 5.73 Å². The Morgan fingerprint density at radius 1 is 1.08 bits per heavy atom. The van der Waals surface area contributed by atoms with Crippen LogP contribution < -0.4 is 16.0 Å². The topological polar surface area (TPSA) is 164 Å². The second-order valence-corrected chi connectivity index (χ2v) is 8.85. The number of pyridine rings is 1. The molecule has 37 heavy (non-hydrogen) atoms. The molecule has 0 radical (unpaired) electrons. The van der Waals surface area contributed by atoms with Crippen LogP contribution in [-0.4, -0.2) is 40.0 Å². The van der Waals surface area contributed by atoms with Crippen molar-refractivity contribution in [3.05, 3.63) is 77.4 Å². The highest BCUT2D eigenvalue weighted by atomic mass is 31.2. The van der Waals surface area contributed by atoms with Crippen LogP contribution in [-0.2, 0) is 20.4 Å². The minimum absolute atomic E-state index is 0.171. The van der Waals surface area contributed by atoms with Crippen LogP contribution >= 0.6 is 7.82 Å². The Morgan fingerprint density at radius 3 is 2.32 bits per heavy atom. The van der Waals surface area contributed by atoms with E-state index in [2.05, 4.69) is 14.8 Å². The number of rotatable bonds is 9. The summed E-state index contributed by atoms with van der Waals surface area (Å²) in [5, 5.41) is 2.27. The van der Waals surface area contributed by atoms with E-state index in [1.807, 2.05) is 6.92 Å². The number of anilines is 2. The van der Waals surface area contributed by atoms with Gasteiger partial charge in [0.1, 0.15) is 29.7 Å². The van der Waals surface area contributed by atoms with Gasteiger partial charge < -0.3 is 25.6 Å². The molecule has 5 N–H and O–H groups in total. The molecule has 0 bridgehead atoms. The first kappa shape index (κ1) is 27.7. The number of carbonyl (C=O) groups excluding carboxylic acids is 2. The van der Waals surface area contributed by atoms with Gasteiger partial charge in [-0.1, -0.05) is 35.9 Å². The van der Waals surface area contributed by atoms with Crippen LogP contribution in [0.3, 0.4) is 0 Å². The molecule has 196 valence electrons. The molecule has 2 aromatic carbocycles. The van der Waals surface area contributed by atoms with Gasteiger partial charge in [0.25, 0.3) is 0 Å². The molecule has 3 rings (SSSR count). The molecular formula is C23H23F2N4O7P. The van der Waals surface area contributed by atoms with Gasteiger partial charge in [-0.25, -0.2) is 32.8 Å². The number of ether oxygens (including phenoxy) is 1. The molecule has 0 atom stereocenters. The number of halogens is 2. The van der Waals surface area contributed by atoms with Crippen molar-refractivity contribution < 1.29 is 42.0 Å². The predicted molar refractivity (Wildman–Crippen MR) is 129 cm³/mol. The monoisotopic (exact) mass is 536 g/mol. The SMILES string of the molecule is Cc1ccc(-c2nc(N(C(N)=O)c3c(F)cccc3F)ccc2COC(=O)NCCOP(=O)(O)O)cc1. The van der Waals surface area contributed by atoms with Crippen molar-refractivity contribution in [2.45, 2.75) is 13.5 Å². The van der Waals surface area contributed by atoms with Gasteiger partial charge in [0.05, 0.1) is 12.3 Å². The number of nitrogens with one attached hydrogen (secondary N) is 1. The fraction of sp³-hybridized carbons (Fsp3) is 0.174. The molecule has 0 saturated carbocycles. The van der Waals surface area contributed by atoms with E-state index in [1.165, 1.54) is 12.1 Å². The lowest BCUT2D eigenvalue weighted by Crippen LogP contribution is -2.33. The number of hydrogen-bond donors (Lipinski definition) is 4. The van der Waals surface area contributed by atoms with Gasteiger partial charge in [-0.2, -0.15) is 0 Å². The highest BCUT2D eigenvalue weighted by molar-refractivity contribution is 7.46. The molecular weight excluding hydrogens is 513 g/mol. The van der Waals surface area contributed by atoms with Gasteiger partial charge in [-0.05, 0) is 31.2 Å². The summed E-state index contributed by atoms with van der Waals surface area (Å²) in [7, 11) is -4.67. The first-order valence-corrected chi connectivity index (χ1v) is 12.2. The number of nitrogens with zero attached hydrogens (tertiary/aromatic N) is 2. The molecule has 14 heteroatoms. The molecule has 0 aliphatic heterocycles. The summed E-state index contributed by atoms with van der Waals surface area (Å²) in [5.74, 6) is -2.22. The maximum atomic E-state index is 14.5. The van der Waals surface area contributed by atoms with Gasteiger partial charge >= 0.3 is 19.9 Å². The molecule has 1 heterocycles. The number of alkyl carbamates (subject to hydrolysis) is 1. The van der Waals surface area contributed by atoms with Gasteiger partial charge in [0, 0.05) is 17.7 Å². The van der Waals surface area contributed by atoms with Crippen LogP contribution in [0.2, 0.25) is 0 Å². The first-order chi connectivity index (χ1) is 17.5. The van der Waals surface area contributed by atoms with Crippen LogP contribution in [0.25, 0.3) is 11.3 Å². The van der Waals surface area contributed by atoms with E-state index in [4.69, 9.17) is 20.3 Å². The molecule has 1 aromatic heterocycles. The number of nitrogens with two attached hydrogens (primary N) is 1. The number of benzene rings is 2. The maximum Gasteiger partial charge on any atom is 0.469 e. The molecule has 0 unspecified atom stereocenters. The van der Waals surface area contributed by atoms with E-state index in [0.717, 1.165) is 23.8 Å². The number of aryl methyl sites for hydroxylation is 1. The van der Waals surface area contributed by atoms with E-state index in [0.29, 0.717) is 16.0 Å². The number of amides is 3. The minimum atomic E-state index is -4.67. The molecule has 0 fully saturated rings. The van der Waals surface area contributed by atoms with E-state index in [9.17, 15) is 22.9 Å². The van der Waals surface area contributed by atoms with Crippen molar-refractivity contribution >= 4 is 31.5 Å². The zero-order valence-electron chi connectivity index (χ0n) is 19.4. The lowest BCUT2D eigenvalue weighted by molar-refractivity contribution is 0.135. The lowest BCUT2D eigenvalue weighted by atomic mass is 10.0. The van der Waals surface area contributed by atoms with Crippen LogP contribution in [0.4, 0.5) is 29.9 Å². The third-order valence-electron chi connectivity index (χ3n) is 4.89. The standard InChI is InChI=1S/C23H23F2N4O7P/c1-14-5-7-15(8-6-14)20-16(13-35-23(31)27-11-12-36-37(32,33)34)9-10-19(28-20)29(22(26)30)21-17(24)3-2-4-18(21)25/h2-10H,11-13H2,1H3,(H2,26,30)(H,27,31)(H2,32,33,34). The Labute approximate surface area is 210 Å². The highest BCUT2D eigenvalue weighted by Gasteiger charge is 2.25. The number of carbonyl (C=O) groups is 2. The first-order valence-electron chi connectivity index (χ1n) is 10.7. The zero-order chi connectivity index (χ0) is 27.2. The minimum Gasteiger partial charge on any atom is -0.445 e. The molecule has 0 aliphatic carbocycles. The van der Waals surface area contributed by atoms with Crippen LogP contribution in [0.15, 0.2) is 54.6 Å². The second kappa shape index (κ2) is 11.9. The fourth-order valence-corrected chi connectivity index (χ4v) is 3.56. The summed E-state index contributed by atoms with van der Waals surface area (Å²) >= 11 is 0. The Hall–Kier alpha value is -3.90. The Balaban J connectivity index is 1.90. The van der Waals surface area contributed by atoms with Crippen molar-refractivity contribution in [3.8, 4) is 11.3 Å². The number of primary amides is 1. The number of phosphoric ester groups is 1. The summed E-state index contributed by atoms with van der Waals surface area (Å²) in [5.41, 5.74) is 6.88. The average Bonchev–Trinajstić information content (AvgIpc) is 2.82. The van der Waals surface area contributed by atoms with Crippen molar-refractivity contribution in [3.63, 3.8) is 0 Å². The average molecular weight is 536 g/mol. The molecule has 11 nitrogen and oxygen atoms in total. The maximum absolute atomic E-state index is 14.5. The molecule has 0 saturated heterocycles. The third-order valence-corrected chi connectivity index (χ3v) is 5.41. The Morgan fingerprint density at radius 2 is 1.73 bits per heavy atom. The molecule has 0 aliphatic rings. The van der Waals surface area contributed by atoms with Crippen LogP contribution in [0.1, 0.15) is 11.1 Å². The number of phosphoric acid groups is 1. The quantitative estimate of drug-likeness (QED) is 0.236. The second-order valence-electron chi connectivity index (χ2n) is 7.61. The third kappa shape index (κ3) is 7.54.